The van der Waals surface area contributed by atoms with Crippen LogP contribution in [0.2, 0.25) is 0 Å². The standard InChI is InChI=1S/C30H47N9O8/c1-16(2)14-22(39-27(45)20-10-7-6-8-11-20)29(47)37-18(4)25(43)35-19(5)26(44)38-21(12-9-13-33-30(31)32)28(46)36-17(3)24(42)34-15-23(40)41/h6-8,10-11,16-19,21-22H,9,12-15H2,1-5H3,(H,34,42)(H,35,43)(H,36,46)(H,37,47)(H,38,44)(H,39,45)(H,40,41)(H4,31,32,33)/t17-,18-,19-,21-,22-/m0/s1. The number of nitrogens with zero attached hydrogens (tertiary/aromatic N) is 1. The molecule has 11 N–H and O–H groups in total. The van der Waals surface area contributed by atoms with E-state index in [2.05, 4.69) is 36.9 Å². The van der Waals surface area contributed by atoms with Gasteiger partial charge in [0.25, 0.3) is 5.91 Å². The van der Waals surface area contributed by atoms with E-state index < -0.39 is 78.2 Å². The number of nitrogens with one attached hydrogen (secondary N) is 6. The van der Waals surface area contributed by atoms with Gasteiger partial charge < -0.3 is 48.5 Å². The molecule has 47 heavy (non-hydrogen) atoms. The van der Waals surface area contributed by atoms with Gasteiger partial charge in [-0.15, -0.1) is 0 Å². The predicted octanol–water partition coefficient (Wildman–Crippen LogP) is -1.92. The maximum absolute atomic E-state index is 13.1. The molecule has 17 nitrogen and oxygen atoms in total. The number of benzene rings is 1. The van der Waals surface area contributed by atoms with Gasteiger partial charge in [0, 0.05) is 12.1 Å². The number of rotatable bonds is 19. The van der Waals surface area contributed by atoms with E-state index in [1.54, 1.807) is 30.3 Å². The van der Waals surface area contributed by atoms with Gasteiger partial charge in [0.1, 0.15) is 36.8 Å². The van der Waals surface area contributed by atoms with Gasteiger partial charge in [0.2, 0.25) is 29.5 Å². The number of carboxylic acid groups (broad SMARTS) is 1. The number of hydrogen-bond donors (Lipinski definition) is 9. The summed E-state index contributed by atoms with van der Waals surface area (Å²) in [4.78, 5) is 91.3. The molecule has 260 valence electrons. The van der Waals surface area contributed by atoms with Gasteiger partial charge in [-0.25, -0.2) is 0 Å². The Morgan fingerprint density at radius 2 is 1.21 bits per heavy atom. The molecule has 0 aromatic heterocycles. The van der Waals surface area contributed by atoms with Crippen LogP contribution in [0.1, 0.15) is 64.2 Å². The van der Waals surface area contributed by atoms with Crippen molar-refractivity contribution in [2.24, 2.45) is 22.4 Å². The highest BCUT2D eigenvalue weighted by Crippen LogP contribution is 2.08. The molecule has 0 bridgehead atoms. The third-order valence-electron chi connectivity index (χ3n) is 6.61. The van der Waals surface area contributed by atoms with E-state index >= 15 is 0 Å². The summed E-state index contributed by atoms with van der Waals surface area (Å²) >= 11 is 0. The van der Waals surface area contributed by atoms with E-state index in [4.69, 9.17) is 16.6 Å². The molecule has 17 heteroatoms. The van der Waals surface area contributed by atoms with Gasteiger partial charge in [-0.3, -0.25) is 38.6 Å². The van der Waals surface area contributed by atoms with E-state index in [1.165, 1.54) is 20.8 Å². The van der Waals surface area contributed by atoms with Gasteiger partial charge in [-0.2, -0.15) is 0 Å². The normalized spacial score (nSPS) is 13.8. The molecular weight excluding hydrogens is 614 g/mol. The van der Waals surface area contributed by atoms with Crippen LogP contribution < -0.4 is 43.4 Å². The lowest BCUT2D eigenvalue weighted by molar-refractivity contribution is -0.138. The van der Waals surface area contributed by atoms with Gasteiger partial charge >= 0.3 is 5.97 Å². The number of aliphatic carboxylic acids is 1. The summed E-state index contributed by atoms with van der Waals surface area (Å²) in [6.07, 6.45) is 0.624. The predicted molar refractivity (Wildman–Crippen MR) is 172 cm³/mol. The Bertz CT molecular complexity index is 1290. The second kappa shape index (κ2) is 20.0. The summed E-state index contributed by atoms with van der Waals surface area (Å²) in [6, 6.07) is 2.90. The highest BCUT2D eigenvalue weighted by molar-refractivity contribution is 5.99. The van der Waals surface area contributed by atoms with Crippen molar-refractivity contribution in [2.45, 2.75) is 84.1 Å². The van der Waals surface area contributed by atoms with Gasteiger partial charge in [0.05, 0.1) is 0 Å². The van der Waals surface area contributed by atoms with Crippen LogP contribution in [0.25, 0.3) is 0 Å². The van der Waals surface area contributed by atoms with Crippen molar-refractivity contribution in [3.8, 4) is 0 Å². The van der Waals surface area contributed by atoms with Crippen molar-refractivity contribution in [1.82, 2.24) is 31.9 Å². The third-order valence-corrected chi connectivity index (χ3v) is 6.61. The molecule has 0 radical (unpaired) electrons. The number of carboxylic acids is 1. The Balaban J connectivity index is 2.86. The molecule has 1 rings (SSSR count). The van der Waals surface area contributed by atoms with Crippen molar-refractivity contribution < 1.29 is 38.7 Å². The number of nitrogens with two attached hydrogens (primary N) is 2. The fourth-order valence-corrected chi connectivity index (χ4v) is 4.08. The molecule has 1 aromatic rings. The van der Waals surface area contributed by atoms with E-state index in [0.29, 0.717) is 12.0 Å². The van der Waals surface area contributed by atoms with Crippen molar-refractivity contribution >= 4 is 47.4 Å². The molecule has 1 aromatic carbocycles. The average Bonchev–Trinajstić information content (AvgIpc) is 3.00. The molecule has 0 saturated carbocycles. The topological polar surface area (TPSA) is 276 Å². The fourth-order valence-electron chi connectivity index (χ4n) is 4.08. The first kappa shape index (κ1) is 39.8. The maximum atomic E-state index is 13.1. The van der Waals surface area contributed by atoms with E-state index in [9.17, 15) is 33.6 Å². The Morgan fingerprint density at radius 1 is 0.702 bits per heavy atom. The van der Waals surface area contributed by atoms with Crippen molar-refractivity contribution in [3.63, 3.8) is 0 Å². The zero-order valence-electron chi connectivity index (χ0n) is 27.3. The zero-order chi connectivity index (χ0) is 35.7. The molecule has 0 spiro atoms. The van der Waals surface area contributed by atoms with Crippen LogP contribution in [0, 0.1) is 5.92 Å². The van der Waals surface area contributed by atoms with Gasteiger partial charge in [-0.05, 0) is 58.1 Å². The highest BCUT2D eigenvalue weighted by atomic mass is 16.4. The number of amides is 6. The molecule has 0 aliphatic rings. The fraction of sp³-hybridized carbons (Fsp3) is 0.533. The van der Waals surface area contributed by atoms with Crippen molar-refractivity contribution in [2.75, 3.05) is 13.1 Å². The van der Waals surface area contributed by atoms with Gasteiger partial charge in [-0.1, -0.05) is 32.0 Å². The number of aliphatic imine (C=N–C) groups is 1. The Hall–Kier alpha value is -5.22. The van der Waals surface area contributed by atoms with E-state index in [0.717, 1.165) is 0 Å². The lowest BCUT2D eigenvalue weighted by Gasteiger charge is -2.25. The first-order chi connectivity index (χ1) is 22.0. The number of carbonyl (C=O) groups excluding carboxylic acids is 6. The SMILES string of the molecule is CC(C)C[C@H](NC(=O)c1ccccc1)C(=O)N[C@@H](C)C(=O)N[C@@H](C)C(=O)N[C@@H](CCCN=C(N)N)C(=O)N[C@@H](C)C(=O)NCC(=O)O. The van der Waals surface area contributed by atoms with Crippen LogP contribution >= 0.6 is 0 Å². The smallest absolute Gasteiger partial charge is 0.322 e. The van der Waals surface area contributed by atoms with E-state index in [-0.39, 0.29) is 31.3 Å². The summed E-state index contributed by atoms with van der Waals surface area (Å²) < 4.78 is 0. The molecule has 5 atom stereocenters. The maximum Gasteiger partial charge on any atom is 0.322 e. The van der Waals surface area contributed by atoms with Crippen LogP contribution in [0.4, 0.5) is 0 Å². The average molecular weight is 662 g/mol. The minimum Gasteiger partial charge on any atom is -0.480 e. The molecule has 0 fully saturated rings. The second-order valence-corrected chi connectivity index (χ2v) is 11.3. The van der Waals surface area contributed by atoms with Crippen LogP contribution in [0.15, 0.2) is 35.3 Å². The lowest BCUT2D eigenvalue weighted by Crippen LogP contribution is -2.58. The molecule has 0 aliphatic carbocycles. The summed E-state index contributed by atoms with van der Waals surface area (Å²) in [7, 11) is 0. The largest absolute Gasteiger partial charge is 0.480 e. The summed E-state index contributed by atoms with van der Waals surface area (Å²) in [5.74, 6) is -5.34. The number of guanidine groups is 1. The minimum absolute atomic E-state index is 0.0430. The Morgan fingerprint density at radius 3 is 1.74 bits per heavy atom. The van der Waals surface area contributed by atoms with Crippen LogP contribution in [-0.4, -0.2) is 95.8 Å². The van der Waals surface area contributed by atoms with Crippen molar-refractivity contribution in [1.29, 1.82) is 0 Å². The van der Waals surface area contributed by atoms with Crippen molar-refractivity contribution in [3.05, 3.63) is 35.9 Å². The summed E-state index contributed by atoms with van der Waals surface area (Å²) in [5, 5.41) is 23.6. The number of carbonyl (C=O) groups is 7. The molecule has 0 unspecified atom stereocenters. The first-order valence-corrected chi connectivity index (χ1v) is 15.1. The Kier molecular flexibility index (Phi) is 17.0. The minimum atomic E-state index is -1.27. The third kappa shape index (κ3) is 15.6. The molecule has 0 saturated heterocycles. The molecule has 0 aliphatic heterocycles. The zero-order valence-corrected chi connectivity index (χ0v) is 27.3. The summed E-state index contributed by atoms with van der Waals surface area (Å²) in [6.45, 7) is 7.39. The van der Waals surface area contributed by atoms with Crippen LogP contribution in [-0.2, 0) is 28.8 Å². The Labute approximate surface area is 273 Å². The first-order valence-electron chi connectivity index (χ1n) is 15.1. The van der Waals surface area contributed by atoms with Crippen LogP contribution in [0.5, 0.6) is 0 Å². The monoisotopic (exact) mass is 661 g/mol. The quantitative estimate of drug-likeness (QED) is 0.0450. The molecule has 6 amide bonds. The van der Waals surface area contributed by atoms with Gasteiger partial charge in [0.15, 0.2) is 5.96 Å². The summed E-state index contributed by atoms with van der Waals surface area (Å²) in [5.41, 5.74) is 11.0. The number of hydrogen-bond acceptors (Lipinski definition) is 8. The van der Waals surface area contributed by atoms with E-state index in [1.807, 2.05) is 13.8 Å². The molecule has 0 heterocycles. The second-order valence-electron chi connectivity index (χ2n) is 11.3. The lowest BCUT2D eigenvalue weighted by atomic mass is 10.0. The van der Waals surface area contributed by atoms with Crippen LogP contribution in [0.3, 0.4) is 0 Å². The molecular formula is C30H47N9O8. The highest BCUT2D eigenvalue weighted by Gasteiger charge is 2.29.